The first-order valence-electron chi connectivity index (χ1n) is 6.45. The fourth-order valence-corrected chi connectivity index (χ4v) is 3.83. The highest BCUT2D eigenvalue weighted by molar-refractivity contribution is 7.09. The lowest BCUT2D eigenvalue weighted by molar-refractivity contribution is -0.0560. The molecular formula is C13H20ClNOS. The number of ether oxygens (including phenoxy) is 1. The van der Waals surface area contributed by atoms with Gasteiger partial charge in [0.15, 0.2) is 0 Å². The Hall–Kier alpha value is -0.120. The van der Waals surface area contributed by atoms with Crippen LogP contribution in [-0.4, -0.2) is 11.6 Å². The molecule has 0 bridgehead atoms. The van der Waals surface area contributed by atoms with Gasteiger partial charge in [0, 0.05) is 12.0 Å². The van der Waals surface area contributed by atoms with Crippen molar-refractivity contribution in [2.24, 2.45) is 0 Å². The maximum absolute atomic E-state index is 6.10. The van der Waals surface area contributed by atoms with Crippen LogP contribution in [0.1, 0.15) is 56.2 Å². The van der Waals surface area contributed by atoms with Crippen LogP contribution in [0.5, 0.6) is 0 Å². The summed E-state index contributed by atoms with van der Waals surface area (Å²) >= 11 is 7.55. The maximum Gasteiger partial charge on any atom is 0.125 e. The molecule has 1 saturated carbocycles. The van der Waals surface area contributed by atoms with Gasteiger partial charge < -0.3 is 4.74 Å². The van der Waals surface area contributed by atoms with E-state index in [1.54, 1.807) is 11.3 Å². The number of rotatable bonds is 4. The molecule has 0 unspecified atom stereocenters. The second-order valence-corrected chi connectivity index (χ2v) is 5.74. The van der Waals surface area contributed by atoms with Crippen molar-refractivity contribution in [1.29, 1.82) is 0 Å². The van der Waals surface area contributed by atoms with Crippen LogP contribution < -0.4 is 0 Å². The average molecular weight is 274 g/mol. The highest BCUT2D eigenvalue weighted by Gasteiger charge is 2.36. The number of nitrogens with zero attached hydrogens (tertiary/aromatic N) is 1. The summed E-state index contributed by atoms with van der Waals surface area (Å²) in [5.41, 5.74) is 0.857. The standard InChI is InChI=1S/C13H20ClNOS/c1-2-16-13(7-5-3-4-6-8-13)12-15-11(9-14)10-17-12/h10H,2-9H2,1H3. The van der Waals surface area contributed by atoms with Crippen LogP contribution >= 0.6 is 22.9 Å². The molecule has 1 fully saturated rings. The summed E-state index contributed by atoms with van der Waals surface area (Å²) in [5, 5.41) is 3.20. The zero-order valence-electron chi connectivity index (χ0n) is 10.4. The molecule has 4 heteroatoms. The Morgan fingerprint density at radius 3 is 2.59 bits per heavy atom. The van der Waals surface area contributed by atoms with Crippen molar-refractivity contribution < 1.29 is 4.74 Å². The Bertz CT molecular complexity index is 345. The summed E-state index contributed by atoms with van der Waals surface area (Å²) in [4.78, 5) is 4.65. The van der Waals surface area contributed by atoms with E-state index >= 15 is 0 Å². The van der Waals surface area contributed by atoms with Gasteiger partial charge >= 0.3 is 0 Å². The van der Waals surface area contributed by atoms with Crippen molar-refractivity contribution in [1.82, 2.24) is 4.98 Å². The number of hydrogen-bond donors (Lipinski definition) is 0. The van der Waals surface area contributed by atoms with Crippen molar-refractivity contribution in [3.63, 3.8) is 0 Å². The van der Waals surface area contributed by atoms with E-state index in [-0.39, 0.29) is 5.60 Å². The van der Waals surface area contributed by atoms with E-state index in [1.165, 1.54) is 25.7 Å². The van der Waals surface area contributed by atoms with Gasteiger partial charge in [-0.2, -0.15) is 0 Å². The van der Waals surface area contributed by atoms with E-state index in [9.17, 15) is 0 Å². The first-order valence-corrected chi connectivity index (χ1v) is 7.87. The first kappa shape index (κ1) is 13.3. The molecule has 0 radical (unpaired) electrons. The summed E-state index contributed by atoms with van der Waals surface area (Å²) in [6.07, 6.45) is 7.35. The van der Waals surface area contributed by atoms with E-state index in [4.69, 9.17) is 16.3 Å². The molecule has 0 aromatic carbocycles. The third-order valence-corrected chi connectivity index (χ3v) is 4.76. The average Bonchev–Trinajstić information content (AvgIpc) is 2.71. The highest BCUT2D eigenvalue weighted by Crippen LogP contribution is 2.40. The minimum Gasteiger partial charge on any atom is -0.368 e. The monoisotopic (exact) mass is 273 g/mol. The van der Waals surface area contributed by atoms with Gasteiger partial charge in [-0.1, -0.05) is 25.7 Å². The highest BCUT2D eigenvalue weighted by atomic mass is 35.5. The second-order valence-electron chi connectivity index (χ2n) is 4.62. The van der Waals surface area contributed by atoms with Crippen molar-refractivity contribution in [3.8, 4) is 0 Å². The van der Waals surface area contributed by atoms with Crippen LogP contribution in [0.15, 0.2) is 5.38 Å². The smallest absolute Gasteiger partial charge is 0.125 e. The Kier molecular flexibility index (Phi) is 4.83. The number of halogens is 1. The predicted octanol–water partition coefficient (Wildman–Crippen LogP) is 4.47. The molecular weight excluding hydrogens is 254 g/mol. The predicted molar refractivity (Wildman–Crippen MR) is 72.7 cm³/mol. The molecule has 1 aromatic rings. The lowest BCUT2D eigenvalue weighted by Crippen LogP contribution is -2.29. The molecule has 0 atom stereocenters. The zero-order valence-corrected chi connectivity index (χ0v) is 11.9. The minimum absolute atomic E-state index is 0.125. The van der Waals surface area contributed by atoms with Gasteiger partial charge in [-0.3, -0.25) is 0 Å². The molecule has 96 valence electrons. The lowest BCUT2D eigenvalue weighted by Gasteiger charge is -2.30. The van der Waals surface area contributed by atoms with Crippen molar-refractivity contribution in [2.75, 3.05) is 6.61 Å². The van der Waals surface area contributed by atoms with Gasteiger partial charge in [-0.15, -0.1) is 22.9 Å². The maximum atomic E-state index is 6.10. The normalized spacial score (nSPS) is 20.1. The minimum atomic E-state index is -0.125. The zero-order chi connectivity index (χ0) is 12.1. The van der Waals surface area contributed by atoms with Crippen molar-refractivity contribution >= 4 is 22.9 Å². The largest absolute Gasteiger partial charge is 0.368 e. The van der Waals surface area contributed by atoms with Crippen LogP contribution in [0.2, 0.25) is 0 Å². The molecule has 0 N–H and O–H groups in total. The topological polar surface area (TPSA) is 22.1 Å². The third-order valence-electron chi connectivity index (χ3n) is 3.41. The molecule has 1 aliphatic carbocycles. The summed E-state index contributed by atoms with van der Waals surface area (Å²) < 4.78 is 6.10. The van der Waals surface area contributed by atoms with Crippen LogP contribution in [0.25, 0.3) is 0 Å². The second kappa shape index (κ2) is 6.17. The van der Waals surface area contributed by atoms with Crippen LogP contribution in [-0.2, 0) is 16.2 Å². The van der Waals surface area contributed by atoms with Crippen molar-refractivity contribution in [3.05, 3.63) is 16.1 Å². The summed E-state index contributed by atoms with van der Waals surface area (Å²) in [6, 6.07) is 0. The van der Waals surface area contributed by atoms with Gasteiger partial charge in [0.25, 0.3) is 0 Å². The number of aromatic nitrogens is 1. The molecule has 0 spiro atoms. The molecule has 17 heavy (non-hydrogen) atoms. The van der Waals surface area contributed by atoms with Gasteiger partial charge in [0.05, 0.1) is 11.6 Å². The Labute approximate surface area is 112 Å². The fraction of sp³-hybridized carbons (Fsp3) is 0.769. The number of hydrogen-bond acceptors (Lipinski definition) is 3. The summed E-state index contributed by atoms with van der Waals surface area (Å²) in [7, 11) is 0. The molecule has 1 aliphatic rings. The Morgan fingerprint density at radius 2 is 2.06 bits per heavy atom. The Balaban J connectivity index is 2.24. The molecule has 0 aliphatic heterocycles. The van der Waals surface area contributed by atoms with Crippen LogP contribution in [0.4, 0.5) is 0 Å². The fourth-order valence-electron chi connectivity index (χ4n) is 2.57. The van der Waals surface area contributed by atoms with Crippen LogP contribution in [0, 0.1) is 0 Å². The molecule has 0 amide bonds. The molecule has 2 rings (SSSR count). The molecule has 0 saturated heterocycles. The SMILES string of the molecule is CCOC1(c2nc(CCl)cs2)CCCCCC1. The molecule has 2 nitrogen and oxygen atoms in total. The van der Waals surface area contributed by atoms with Gasteiger partial charge in [-0.25, -0.2) is 4.98 Å². The number of thiazole rings is 1. The van der Waals surface area contributed by atoms with Crippen LogP contribution in [0.3, 0.4) is 0 Å². The molecule has 1 aromatic heterocycles. The first-order chi connectivity index (χ1) is 8.30. The third kappa shape index (κ3) is 3.01. The Morgan fingerprint density at radius 1 is 1.35 bits per heavy atom. The summed E-state index contributed by atoms with van der Waals surface area (Å²) in [5.74, 6) is 0.499. The van der Waals surface area contributed by atoms with E-state index in [0.717, 1.165) is 30.2 Å². The van der Waals surface area contributed by atoms with E-state index in [0.29, 0.717) is 5.88 Å². The van der Waals surface area contributed by atoms with E-state index in [2.05, 4.69) is 17.3 Å². The van der Waals surface area contributed by atoms with Gasteiger partial charge in [0.2, 0.25) is 0 Å². The quantitative estimate of drug-likeness (QED) is 0.597. The van der Waals surface area contributed by atoms with E-state index < -0.39 is 0 Å². The molecule has 1 heterocycles. The van der Waals surface area contributed by atoms with Crippen molar-refractivity contribution in [2.45, 2.75) is 56.9 Å². The van der Waals surface area contributed by atoms with Gasteiger partial charge in [0.1, 0.15) is 10.6 Å². The summed E-state index contributed by atoms with van der Waals surface area (Å²) in [6.45, 7) is 2.83. The van der Waals surface area contributed by atoms with Gasteiger partial charge in [-0.05, 0) is 19.8 Å². The number of alkyl halides is 1. The lowest BCUT2D eigenvalue weighted by atomic mass is 9.95. The van der Waals surface area contributed by atoms with E-state index in [1.807, 2.05) is 0 Å².